The molecule has 1 saturated carbocycles. The zero-order chi connectivity index (χ0) is 17.0. The van der Waals surface area contributed by atoms with Gasteiger partial charge in [-0.15, -0.1) is 11.3 Å². The molecule has 1 spiro atoms. The van der Waals surface area contributed by atoms with Crippen LogP contribution in [0.3, 0.4) is 0 Å². The molecule has 1 fully saturated rings. The van der Waals surface area contributed by atoms with Gasteiger partial charge in [-0.1, -0.05) is 37.5 Å². The highest BCUT2D eigenvalue weighted by molar-refractivity contribution is 7.19. The summed E-state index contributed by atoms with van der Waals surface area (Å²) in [5.41, 5.74) is 5.72. The molecular weight excluding hydrogens is 324 g/mol. The molecule has 3 aromatic rings. The minimum Gasteiger partial charge on any atom is -0.354 e. The summed E-state index contributed by atoms with van der Waals surface area (Å²) in [5.74, 6) is 0. The number of nitrogens with zero attached hydrogens (tertiary/aromatic N) is 2. The number of benzene rings is 1. The Hall–Kier alpha value is -1.87. The van der Waals surface area contributed by atoms with Crippen molar-refractivity contribution >= 4 is 27.2 Å². The maximum Gasteiger partial charge on any atom is 0.0869 e. The van der Waals surface area contributed by atoms with Crippen LogP contribution in [0.2, 0.25) is 0 Å². The fourth-order valence-corrected chi connectivity index (χ4v) is 6.50. The molecule has 2 aliphatic rings. The largest absolute Gasteiger partial charge is 0.354 e. The third kappa shape index (κ3) is 2.05. The lowest BCUT2D eigenvalue weighted by Crippen LogP contribution is -2.44. The van der Waals surface area contributed by atoms with E-state index in [9.17, 15) is 0 Å². The Morgan fingerprint density at radius 1 is 1.08 bits per heavy atom. The van der Waals surface area contributed by atoms with Crippen molar-refractivity contribution in [1.82, 2.24) is 4.98 Å². The van der Waals surface area contributed by atoms with Gasteiger partial charge in [-0.3, -0.25) is 4.98 Å². The number of aryl methyl sites for hydroxylation is 1. The van der Waals surface area contributed by atoms with Crippen molar-refractivity contribution in [3.8, 4) is 0 Å². The molecule has 3 heterocycles. The Morgan fingerprint density at radius 2 is 1.88 bits per heavy atom. The molecule has 0 saturated heterocycles. The average molecular weight is 349 g/mol. The maximum atomic E-state index is 4.83. The third-order valence-electron chi connectivity index (χ3n) is 6.22. The Morgan fingerprint density at radius 3 is 2.68 bits per heavy atom. The van der Waals surface area contributed by atoms with Gasteiger partial charge in [0.1, 0.15) is 0 Å². The molecule has 2 aromatic heterocycles. The van der Waals surface area contributed by atoms with Crippen LogP contribution in [0.15, 0.2) is 42.6 Å². The van der Waals surface area contributed by atoms with Gasteiger partial charge in [0.2, 0.25) is 0 Å². The van der Waals surface area contributed by atoms with Gasteiger partial charge >= 0.3 is 0 Å². The standard InChI is InChI=1S/C22H24N2S/c1-15-9-4-5-10-17(15)24-16(2)21-19(22(24)12-6-3-7-13-22)20-18(25-21)11-8-14-23-20/h4-5,8-11,14,16H,3,6-7,12-13H2,1-2H3. The summed E-state index contributed by atoms with van der Waals surface area (Å²) in [5, 5.41) is 0. The lowest BCUT2D eigenvalue weighted by atomic mass is 9.76. The zero-order valence-electron chi connectivity index (χ0n) is 15.0. The highest BCUT2D eigenvalue weighted by Crippen LogP contribution is 2.59. The number of rotatable bonds is 1. The molecule has 0 N–H and O–H groups in total. The fourth-order valence-electron chi connectivity index (χ4n) is 5.20. The zero-order valence-corrected chi connectivity index (χ0v) is 15.8. The molecule has 0 bridgehead atoms. The van der Waals surface area contributed by atoms with Crippen LogP contribution in [-0.4, -0.2) is 4.98 Å². The number of para-hydroxylation sites is 1. The van der Waals surface area contributed by atoms with E-state index < -0.39 is 0 Å². The first-order valence-electron chi connectivity index (χ1n) is 9.45. The van der Waals surface area contributed by atoms with Crippen molar-refractivity contribution in [2.24, 2.45) is 0 Å². The first kappa shape index (κ1) is 15.4. The van der Waals surface area contributed by atoms with E-state index in [1.807, 2.05) is 17.5 Å². The van der Waals surface area contributed by atoms with E-state index in [1.165, 1.54) is 53.6 Å². The summed E-state index contributed by atoms with van der Waals surface area (Å²) >= 11 is 1.96. The van der Waals surface area contributed by atoms with E-state index in [1.54, 1.807) is 10.4 Å². The van der Waals surface area contributed by atoms with E-state index in [2.05, 4.69) is 55.1 Å². The molecule has 1 aromatic carbocycles. The fraction of sp³-hybridized carbons (Fsp3) is 0.409. The van der Waals surface area contributed by atoms with Crippen molar-refractivity contribution in [2.75, 3.05) is 4.90 Å². The summed E-state index contributed by atoms with van der Waals surface area (Å²) < 4.78 is 1.36. The quantitative estimate of drug-likeness (QED) is 0.510. The lowest BCUT2D eigenvalue weighted by Gasteiger charge is -2.46. The Balaban J connectivity index is 1.79. The van der Waals surface area contributed by atoms with Crippen LogP contribution >= 0.6 is 11.3 Å². The second-order valence-electron chi connectivity index (χ2n) is 7.62. The number of anilines is 1. The topological polar surface area (TPSA) is 16.1 Å². The monoisotopic (exact) mass is 348 g/mol. The summed E-state index contributed by atoms with van der Waals surface area (Å²) in [6, 6.07) is 13.6. The number of thiophene rings is 1. The average Bonchev–Trinajstić information content (AvgIpc) is 3.13. The highest BCUT2D eigenvalue weighted by Gasteiger charge is 2.51. The predicted molar refractivity (Wildman–Crippen MR) is 106 cm³/mol. The van der Waals surface area contributed by atoms with E-state index in [0.717, 1.165) is 0 Å². The molecule has 128 valence electrons. The van der Waals surface area contributed by atoms with Crippen LogP contribution in [0.25, 0.3) is 10.2 Å². The van der Waals surface area contributed by atoms with E-state index >= 15 is 0 Å². The van der Waals surface area contributed by atoms with Crippen molar-refractivity contribution in [1.29, 1.82) is 0 Å². The van der Waals surface area contributed by atoms with Gasteiger partial charge in [-0.05, 0) is 50.5 Å². The van der Waals surface area contributed by atoms with Crippen LogP contribution in [0.5, 0.6) is 0 Å². The highest BCUT2D eigenvalue weighted by atomic mass is 32.1. The number of hydrogen-bond donors (Lipinski definition) is 0. The van der Waals surface area contributed by atoms with Crippen LogP contribution in [0.4, 0.5) is 5.69 Å². The minimum absolute atomic E-state index is 0.131. The number of hydrogen-bond acceptors (Lipinski definition) is 3. The maximum absolute atomic E-state index is 4.83. The first-order valence-corrected chi connectivity index (χ1v) is 10.3. The molecule has 2 nitrogen and oxygen atoms in total. The number of pyridine rings is 1. The third-order valence-corrected chi connectivity index (χ3v) is 7.54. The summed E-state index contributed by atoms with van der Waals surface area (Å²) in [7, 11) is 0. The van der Waals surface area contributed by atoms with Crippen molar-refractivity contribution in [3.05, 3.63) is 58.6 Å². The van der Waals surface area contributed by atoms with Gasteiger partial charge in [0.05, 0.1) is 21.8 Å². The molecule has 25 heavy (non-hydrogen) atoms. The molecular formula is C22H24N2S. The van der Waals surface area contributed by atoms with Crippen molar-refractivity contribution in [3.63, 3.8) is 0 Å². The molecule has 3 heteroatoms. The summed E-state index contributed by atoms with van der Waals surface area (Å²) in [4.78, 5) is 9.12. The van der Waals surface area contributed by atoms with Crippen LogP contribution in [0, 0.1) is 6.92 Å². The van der Waals surface area contributed by atoms with Crippen molar-refractivity contribution < 1.29 is 0 Å². The Bertz CT molecular complexity index is 936. The van der Waals surface area contributed by atoms with E-state index in [4.69, 9.17) is 4.98 Å². The molecule has 0 radical (unpaired) electrons. The summed E-state index contributed by atoms with van der Waals surface area (Å²) in [6.45, 7) is 4.64. The van der Waals surface area contributed by atoms with Gasteiger partial charge in [-0.2, -0.15) is 0 Å². The second kappa shape index (κ2) is 5.57. The Kier molecular flexibility index (Phi) is 3.43. The smallest absolute Gasteiger partial charge is 0.0869 e. The van der Waals surface area contributed by atoms with Crippen LogP contribution in [0.1, 0.15) is 61.1 Å². The SMILES string of the molecule is Cc1ccccc1N1C(C)c2sc3cccnc3c2C12CCCCC2. The Labute approximate surface area is 153 Å². The van der Waals surface area contributed by atoms with Crippen LogP contribution in [-0.2, 0) is 5.54 Å². The van der Waals surface area contributed by atoms with Gasteiger partial charge in [0.25, 0.3) is 0 Å². The molecule has 1 aliphatic carbocycles. The summed E-state index contributed by atoms with van der Waals surface area (Å²) in [6.07, 6.45) is 8.47. The molecule has 1 atom stereocenters. The molecule has 0 amide bonds. The molecule has 5 rings (SSSR count). The minimum atomic E-state index is 0.131. The molecule has 1 aliphatic heterocycles. The predicted octanol–water partition coefficient (Wildman–Crippen LogP) is 6.35. The van der Waals surface area contributed by atoms with Gasteiger partial charge in [0, 0.05) is 22.3 Å². The lowest BCUT2D eigenvalue weighted by molar-refractivity contribution is 0.285. The number of aromatic nitrogens is 1. The molecule has 1 unspecified atom stereocenters. The first-order chi connectivity index (χ1) is 12.2. The normalized spacial score (nSPS) is 21.8. The van der Waals surface area contributed by atoms with Gasteiger partial charge in [0.15, 0.2) is 0 Å². The van der Waals surface area contributed by atoms with Gasteiger partial charge in [-0.25, -0.2) is 0 Å². The number of fused-ring (bicyclic) bond motifs is 4. The van der Waals surface area contributed by atoms with Crippen molar-refractivity contribution in [2.45, 2.75) is 57.5 Å². The van der Waals surface area contributed by atoms with E-state index in [-0.39, 0.29) is 5.54 Å². The van der Waals surface area contributed by atoms with Crippen LogP contribution < -0.4 is 4.90 Å². The second-order valence-corrected chi connectivity index (χ2v) is 8.70. The van der Waals surface area contributed by atoms with E-state index in [0.29, 0.717) is 6.04 Å². The van der Waals surface area contributed by atoms with Gasteiger partial charge < -0.3 is 4.90 Å².